The first-order valence-corrected chi connectivity index (χ1v) is 7.23. The maximum atomic E-state index is 5.64. The molecule has 0 saturated carbocycles. The molecule has 0 spiro atoms. The molecule has 1 fully saturated rings. The number of ether oxygens (including phenoxy) is 1. The maximum Gasteiger partial charge on any atom is 0.157 e. The first-order chi connectivity index (χ1) is 7.64. The second-order valence-corrected chi connectivity index (χ2v) is 6.02. The second-order valence-electron chi connectivity index (χ2n) is 4.94. The van der Waals surface area contributed by atoms with Gasteiger partial charge < -0.3 is 10.1 Å². The van der Waals surface area contributed by atoms with Crippen molar-refractivity contribution in [2.45, 2.75) is 57.7 Å². The summed E-state index contributed by atoms with van der Waals surface area (Å²) in [5.74, 6) is 1.19. The molecule has 3 unspecified atom stereocenters. The standard InChI is InChI=1S/C12H22N2OS/c1-4-10-5-8-16-11(13-10)14-12(3)6-7-15-9(12)2/h9-10H,4-8H2,1-3H3,(H,13,14). The Bertz CT molecular complexity index is 282. The zero-order chi connectivity index (χ0) is 11.6. The van der Waals surface area contributed by atoms with Crippen molar-refractivity contribution in [3.8, 4) is 0 Å². The fourth-order valence-electron chi connectivity index (χ4n) is 2.17. The molecule has 3 nitrogen and oxygen atoms in total. The lowest BCUT2D eigenvalue weighted by Crippen LogP contribution is -2.50. The summed E-state index contributed by atoms with van der Waals surface area (Å²) in [5, 5.41) is 4.72. The van der Waals surface area contributed by atoms with Gasteiger partial charge in [-0.1, -0.05) is 18.7 Å². The smallest absolute Gasteiger partial charge is 0.157 e. The molecule has 0 amide bonds. The zero-order valence-electron chi connectivity index (χ0n) is 10.5. The fraction of sp³-hybridized carbons (Fsp3) is 0.917. The van der Waals surface area contributed by atoms with Crippen LogP contribution in [0.4, 0.5) is 0 Å². The maximum absolute atomic E-state index is 5.64. The Balaban J connectivity index is 2.01. The molecular weight excluding hydrogens is 220 g/mol. The Morgan fingerprint density at radius 3 is 3.06 bits per heavy atom. The monoisotopic (exact) mass is 242 g/mol. The van der Waals surface area contributed by atoms with E-state index in [9.17, 15) is 0 Å². The molecule has 1 saturated heterocycles. The SMILES string of the molecule is CCC1CCSC(NC2(C)CCOC2C)=N1. The molecule has 16 heavy (non-hydrogen) atoms. The lowest BCUT2D eigenvalue weighted by molar-refractivity contribution is 0.0950. The predicted molar refractivity (Wildman–Crippen MR) is 70.2 cm³/mol. The van der Waals surface area contributed by atoms with E-state index in [4.69, 9.17) is 9.73 Å². The van der Waals surface area contributed by atoms with Crippen LogP contribution < -0.4 is 5.32 Å². The van der Waals surface area contributed by atoms with E-state index < -0.39 is 0 Å². The molecule has 3 atom stereocenters. The Morgan fingerprint density at radius 2 is 2.44 bits per heavy atom. The van der Waals surface area contributed by atoms with Gasteiger partial charge in [0, 0.05) is 12.4 Å². The number of nitrogens with zero attached hydrogens (tertiary/aromatic N) is 1. The Morgan fingerprint density at radius 1 is 1.62 bits per heavy atom. The lowest BCUT2D eigenvalue weighted by Gasteiger charge is -2.32. The van der Waals surface area contributed by atoms with Crippen LogP contribution in [0.3, 0.4) is 0 Å². The second kappa shape index (κ2) is 4.96. The third-order valence-electron chi connectivity index (χ3n) is 3.74. The van der Waals surface area contributed by atoms with E-state index in [1.54, 1.807) is 0 Å². The Kier molecular flexibility index (Phi) is 3.80. The third-order valence-corrected chi connectivity index (χ3v) is 4.66. The van der Waals surface area contributed by atoms with Crippen molar-refractivity contribution in [3.63, 3.8) is 0 Å². The minimum atomic E-state index is 0.0709. The van der Waals surface area contributed by atoms with E-state index in [0.29, 0.717) is 6.04 Å². The van der Waals surface area contributed by atoms with E-state index in [-0.39, 0.29) is 11.6 Å². The van der Waals surface area contributed by atoms with Crippen LogP contribution in [0, 0.1) is 0 Å². The van der Waals surface area contributed by atoms with Gasteiger partial charge in [-0.15, -0.1) is 0 Å². The van der Waals surface area contributed by atoms with Crippen LogP contribution >= 0.6 is 11.8 Å². The van der Waals surface area contributed by atoms with Gasteiger partial charge in [0.25, 0.3) is 0 Å². The van der Waals surface area contributed by atoms with Gasteiger partial charge in [0.1, 0.15) is 0 Å². The molecule has 0 aromatic carbocycles. The number of amidine groups is 1. The minimum Gasteiger partial charge on any atom is -0.376 e. The van der Waals surface area contributed by atoms with Crippen LogP contribution in [0.1, 0.15) is 40.0 Å². The van der Waals surface area contributed by atoms with Crippen molar-refractivity contribution in [3.05, 3.63) is 0 Å². The molecule has 2 heterocycles. The summed E-state index contributed by atoms with van der Waals surface area (Å²) in [7, 11) is 0. The van der Waals surface area contributed by atoms with Gasteiger partial charge in [-0.3, -0.25) is 4.99 Å². The molecule has 2 rings (SSSR count). The van der Waals surface area contributed by atoms with Crippen LogP contribution in [-0.4, -0.2) is 35.2 Å². The number of rotatable bonds is 2. The number of thioether (sulfide) groups is 1. The number of hydrogen-bond acceptors (Lipinski definition) is 4. The number of hydrogen-bond donors (Lipinski definition) is 1. The topological polar surface area (TPSA) is 33.6 Å². The van der Waals surface area contributed by atoms with Crippen molar-refractivity contribution in [1.29, 1.82) is 0 Å². The predicted octanol–water partition coefficient (Wildman–Crippen LogP) is 2.42. The summed E-state index contributed by atoms with van der Waals surface area (Å²) >= 11 is 1.85. The van der Waals surface area contributed by atoms with Crippen molar-refractivity contribution < 1.29 is 4.74 Å². The molecule has 0 aromatic rings. The molecule has 2 aliphatic rings. The average Bonchev–Trinajstić information content (AvgIpc) is 2.59. The van der Waals surface area contributed by atoms with Crippen LogP contribution in [0.2, 0.25) is 0 Å². The van der Waals surface area contributed by atoms with Gasteiger partial charge in [0.2, 0.25) is 0 Å². The van der Waals surface area contributed by atoms with Crippen molar-refractivity contribution >= 4 is 16.9 Å². The van der Waals surface area contributed by atoms with Gasteiger partial charge in [-0.05, 0) is 33.1 Å². The summed E-state index contributed by atoms with van der Waals surface area (Å²) < 4.78 is 5.64. The highest BCUT2D eigenvalue weighted by molar-refractivity contribution is 8.13. The van der Waals surface area contributed by atoms with Gasteiger partial charge in [-0.2, -0.15) is 0 Å². The van der Waals surface area contributed by atoms with Gasteiger partial charge >= 0.3 is 0 Å². The minimum absolute atomic E-state index is 0.0709. The highest BCUT2D eigenvalue weighted by atomic mass is 32.2. The van der Waals surface area contributed by atoms with Crippen LogP contribution in [0.5, 0.6) is 0 Å². The van der Waals surface area contributed by atoms with Gasteiger partial charge in [0.15, 0.2) is 5.17 Å². The third kappa shape index (κ3) is 2.54. The molecule has 2 aliphatic heterocycles. The van der Waals surface area contributed by atoms with Crippen LogP contribution in [0.15, 0.2) is 4.99 Å². The van der Waals surface area contributed by atoms with Gasteiger partial charge in [-0.25, -0.2) is 0 Å². The molecule has 1 N–H and O–H groups in total. The average molecular weight is 242 g/mol. The lowest BCUT2D eigenvalue weighted by atomic mass is 9.95. The fourth-order valence-corrected chi connectivity index (χ4v) is 3.28. The van der Waals surface area contributed by atoms with Crippen molar-refractivity contribution in [2.24, 2.45) is 4.99 Å². The highest BCUT2D eigenvalue weighted by Crippen LogP contribution is 2.27. The van der Waals surface area contributed by atoms with Crippen molar-refractivity contribution in [1.82, 2.24) is 5.32 Å². The zero-order valence-corrected chi connectivity index (χ0v) is 11.3. The quantitative estimate of drug-likeness (QED) is 0.807. The number of nitrogens with one attached hydrogen (secondary N) is 1. The number of aliphatic imine (C=N–C) groups is 1. The Hall–Kier alpha value is -0.220. The van der Waals surface area contributed by atoms with E-state index in [1.807, 2.05) is 11.8 Å². The largest absolute Gasteiger partial charge is 0.376 e. The highest BCUT2D eigenvalue weighted by Gasteiger charge is 2.38. The summed E-state index contributed by atoms with van der Waals surface area (Å²) in [5.41, 5.74) is 0.0709. The molecule has 0 bridgehead atoms. The van der Waals surface area contributed by atoms with E-state index >= 15 is 0 Å². The first kappa shape index (κ1) is 12.2. The molecule has 0 aliphatic carbocycles. The first-order valence-electron chi connectivity index (χ1n) is 6.24. The van der Waals surface area contributed by atoms with Crippen molar-refractivity contribution in [2.75, 3.05) is 12.4 Å². The van der Waals surface area contributed by atoms with Crippen LogP contribution in [-0.2, 0) is 4.74 Å². The summed E-state index contributed by atoms with van der Waals surface area (Å²) in [4.78, 5) is 4.76. The van der Waals surface area contributed by atoms with E-state index in [2.05, 4.69) is 26.1 Å². The molecule has 0 radical (unpaired) electrons. The van der Waals surface area contributed by atoms with E-state index in [0.717, 1.165) is 24.6 Å². The normalized spacial score (nSPS) is 39.6. The van der Waals surface area contributed by atoms with E-state index in [1.165, 1.54) is 12.2 Å². The molecule has 4 heteroatoms. The van der Waals surface area contributed by atoms with Crippen LogP contribution in [0.25, 0.3) is 0 Å². The summed E-state index contributed by atoms with van der Waals surface area (Å²) in [6.07, 6.45) is 3.71. The molecule has 92 valence electrons. The summed E-state index contributed by atoms with van der Waals surface area (Å²) in [6.45, 7) is 7.46. The molecule has 0 aromatic heterocycles. The summed E-state index contributed by atoms with van der Waals surface area (Å²) in [6, 6.07) is 0.518. The Labute approximate surface area is 102 Å². The van der Waals surface area contributed by atoms with Gasteiger partial charge in [0.05, 0.1) is 17.7 Å². The molecular formula is C12H22N2OS.